The van der Waals surface area contributed by atoms with E-state index in [0.717, 1.165) is 6.42 Å². The molecule has 1 unspecified atom stereocenters. The van der Waals surface area contributed by atoms with Crippen molar-refractivity contribution in [2.45, 2.75) is 71.2 Å². The summed E-state index contributed by atoms with van der Waals surface area (Å²) < 4.78 is 5.83. The van der Waals surface area contributed by atoms with Gasteiger partial charge in [-0.3, -0.25) is 0 Å². The van der Waals surface area contributed by atoms with Gasteiger partial charge in [0.25, 0.3) is 0 Å². The third-order valence-corrected chi connectivity index (χ3v) is 3.03. The highest BCUT2D eigenvalue weighted by Gasteiger charge is 2.52. The first-order valence-electron chi connectivity index (χ1n) is 5.32. The molecule has 1 rings (SSSR count). The van der Waals surface area contributed by atoms with Crippen LogP contribution < -0.4 is 0 Å². The molecule has 3 heteroatoms. The predicted molar refractivity (Wildman–Crippen MR) is 56.4 cm³/mol. The minimum atomic E-state index is -0.298. The van der Waals surface area contributed by atoms with E-state index in [-0.39, 0.29) is 23.3 Å². The molecule has 1 atom stereocenters. The predicted octanol–water partition coefficient (Wildman–Crippen LogP) is 2.43. The lowest BCUT2D eigenvalue weighted by Gasteiger charge is -2.35. The average Bonchev–Trinajstić information content (AvgIpc) is 2.12. The molecule has 0 saturated carbocycles. The van der Waals surface area contributed by atoms with E-state index in [1.807, 2.05) is 41.5 Å². The molecule has 0 aromatic carbocycles. The van der Waals surface area contributed by atoms with E-state index in [2.05, 4.69) is 0 Å². The van der Waals surface area contributed by atoms with Gasteiger partial charge in [0.2, 0.25) is 0 Å². The molecule has 1 heterocycles. The lowest BCUT2D eigenvalue weighted by molar-refractivity contribution is -0.206. The summed E-state index contributed by atoms with van der Waals surface area (Å²) in [5, 5.41) is 11.5. The smallest absolute Gasteiger partial charge is 0.0798 e. The Balaban J connectivity index is 2.80. The molecule has 0 radical (unpaired) electrons. The van der Waals surface area contributed by atoms with E-state index < -0.39 is 0 Å². The van der Waals surface area contributed by atoms with Gasteiger partial charge in [0.15, 0.2) is 0 Å². The highest BCUT2D eigenvalue weighted by Crippen LogP contribution is 2.41. The zero-order valence-corrected chi connectivity index (χ0v) is 10.2. The molecule has 1 saturated heterocycles. The van der Waals surface area contributed by atoms with Crippen LogP contribution >= 0.6 is 0 Å². The molecule has 0 bridgehead atoms. The van der Waals surface area contributed by atoms with Crippen molar-refractivity contribution in [1.29, 1.82) is 0 Å². The van der Waals surface area contributed by atoms with Crippen LogP contribution in [0.25, 0.3) is 0 Å². The Morgan fingerprint density at radius 1 is 1.29 bits per heavy atom. The monoisotopic (exact) mass is 201 g/mol. The Morgan fingerprint density at radius 2 is 1.79 bits per heavy atom. The molecule has 1 fully saturated rings. The second kappa shape index (κ2) is 3.47. The standard InChI is InChI=1S/C11H23NO2/c1-8(2)14-9-7-10(3,4)12(13)11(9,5)6/h8-9,13H,7H2,1-6H3. The van der Waals surface area contributed by atoms with Crippen molar-refractivity contribution in [3.8, 4) is 0 Å². The summed E-state index contributed by atoms with van der Waals surface area (Å²) in [6.07, 6.45) is 1.18. The number of ether oxygens (including phenoxy) is 1. The number of hydrogen-bond donors (Lipinski definition) is 1. The number of rotatable bonds is 2. The third kappa shape index (κ3) is 1.95. The van der Waals surface area contributed by atoms with Gasteiger partial charge in [0, 0.05) is 5.54 Å². The van der Waals surface area contributed by atoms with Crippen LogP contribution in [0.15, 0.2) is 0 Å². The Hall–Kier alpha value is -0.120. The Kier molecular flexibility index (Phi) is 2.96. The van der Waals surface area contributed by atoms with E-state index in [1.54, 1.807) is 0 Å². The minimum Gasteiger partial charge on any atom is -0.373 e. The van der Waals surface area contributed by atoms with E-state index in [4.69, 9.17) is 4.74 Å². The van der Waals surface area contributed by atoms with Crippen LogP contribution in [0.3, 0.4) is 0 Å². The largest absolute Gasteiger partial charge is 0.373 e. The SMILES string of the molecule is CC(C)OC1CC(C)(C)N(O)C1(C)C. The lowest BCUT2D eigenvalue weighted by Crippen LogP contribution is -2.49. The van der Waals surface area contributed by atoms with Crippen LogP contribution in [0.5, 0.6) is 0 Å². The van der Waals surface area contributed by atoms with Crippen molar-refractivity contribution in [1.82, 2.24) is 5.06 Å². The number of hydroxylamine groups is 2. The normalized spacial score (nSPS) is 31.3. The molecule has 0 amide bonds. The molecular formula is C11H23NO2. The molecule has 0 aromatic rings. The zero-order valence-electron chi connectivity index (χ0n) is 10.2. The van der Waals surface area contributed by atoms with Gasteiger partial charge < -0.3 is 9.94 Å². The average molecular weight is 201 g/mol. The summed E-state index contributed by atoms with van der Waals surface area (Å²) in [6, 6.07) is 0. The van der Waals surface area contributed by atoms with Crippen LogP contribution in [0.2, 0.25) is 0 Å². The van der Waals surface area contributed by atoms with Gasteiger partial charge >= 0.3 is 0 Å². The summed E-state index contributed by atoms with van der Waals surface area (Å²) >= 11 is 0. The van der Waals surface area contributed by atoms with Crippen LogP contribution in [0.4, 0.5) is 0 Å². The quantitative estimate of drug-likeness (QED) is 0.744. The minimum absolute atomic E-state index is 0.0995. The van der Waals surface area contributed by atoms with Crippen molar-refractivity contribution in [3.05, 3.63) is 0 Å². The second-order valence-electron chi connectivity index (χ2n) is 5.66. The fourth-order valence-corrected chi connectivity index (χ4v) is 2.25. The summed E-state index contributed by atoms with van der Waals surface area (Å²) in [4.78, 5) is 0. The lowest BCUT2D eigenvalue weighted by atomic mass is 9.97. The van der Waals surface area contributed by atoms with Crippen LogP contribution in [0, 0.1) is 0 Å². The van der Waals surface area contributed by atoms with Gasteiger partial charge in [0.05, 0.1) is 17.7 Å². The first-order chi connectivity index (χ1) is 6.18. The fraction of sp³-hybridized carbons (Fsp3) is 1.00. The molecule has 3 nitrogen and oxygen atoms in total. The van der Waals surface area contributed by atoms with Crippen LogP contribution in [0.1, 0.15) is 48.0 Å². The van der Waals surface area contributed by atoms with Crippen molar-refractivity contribution < 1.29 is 9.94 Å². The van der Waals surface area contributed by atoms with Crippen molar-refractivity contribution >= 4 is 0 Å². The first kappa shape index (κ1) is 12.0. The molecule has 14 heavy (non-hydrogen) atoms. The fourth-order valence-electron chi connectivity index (χ4n) is 2.25. The van der Waals surface area contributed by atoms with Crippen LogP contribution in [-0.2, 0) is 4.74 Å². The summed E-state index contributed by atoms with van der Waals surface area (Å²) in [7, 11) is 0. The maximum absolute atomic E-state index is 10.0. The first-order valence-corrected chi connectivity index (χ1v) is 5.32. The molecule has 1 aliphatic heterocycles. The van der Waals surface area contributed by atoms with Gasteiger partial charge in [-0.2, -0.15) is 5.06 Å². The van der Waals surface area contributed by atoms with Crippen molar-refractivity contribution in [2.24, 2.45) is 0 Å². The van der Waals surface area contributed by atoms with E-state index in [1.165, 1.54) is 5.06 Å². The Labute approximate surface area is 87.0 Å². The van der Waals surface area contributed by atoms with Gasteiger partial charge in [-0.05, 0) is 48.0 Å². The molecule has 1 aliphatic rings. The Bertz CT molecular complexity index is 211. The third-order valence-electron chi connectivity index (χ3n) is 3.03. The maximum atomic E-state index is 10.0. The van der Waals surface area contributed by atoms with E-state index in [9.17, 15) is 5.21 Å². The maximum Gasteiger partial charge on any atom is 0.0798 e. The van der Waals surface area contributed by atoms with Gasteiger partial charge in [-0.1, -0.05) is 0 Å². The van der Waals surface area contributed by atoms with Gasteiger partial charge in [-0.15, -0.1) is 0 Å². The van der Waals surface area contributed by atoms with Gasteiger partial charge in [0.1, 0.15) is 0 Å². The van der Waals surface area contributed by atoms with Crippen molar-refractivity contribution in [3.63, 3.8) is 0 Å². The Morgan fingerprint density at radius 3 is 2.07 bits per heavy atom. The molecule has 1 N–H and O–H groups in total. The van der Waals surface area contributed by atoms with Crippen molar-refractivity contribution in [2.75, 3.05) is 0 Å². The van der Waals surface area contributed by atoms with Crippen LogP contribution in [-0.4, -0.2) is 33.6 Å². The molecular weight excluding hydrogens is 178 g/mol. The molecule has 0 spiro atoms. The molecule has 0 aromatic heterocycles. The van der Waals surface area contributed by atoms with E-state index >= 15 is 0 Å². The molecule has 0 aliphatic carbocycles. The highest BCUT2D eigenvalue weighted by molar-refractivity contribution is 5.03. The summed E-state index contributed by atoms with van der Waals surface area (Å²) in [5.74, 6) is 0. The zero-order chi connectivity index (χ0) is 11.1. The highest BCUT2D eigenvalue weighted by atomic mass is 16.5. The number of nitrogens with zero attached hydrogens (tertiary/aromatic N) is 1. The summed E-state index contributed by atoms with van der Waals surface area (Å²) in [5.41, 5.74) is -0.489. The topological polar surface area (TPSA) is 32.7 Å². The number of hydrogen-bond acceptors (Lipinski definition) is 3. The van der Waals surface area contributed by atoms with Gasteiger partial charge in [-0.25, -0.2) is 0 Å². The summed E-state index contributed by atoms with van der Waals surface area (Å²) in [6.45, 7) is 12.2. The molecule has 84 valence electrons. The second-order valence-corrected chi connectivity index (χ2v) is 5.66. The van der Waals surface area contributed by atoms with E-state index in [0.29, 0.717) is 0 Å².